The minimum Gasteiger partial charge on any atom is -0.462 e. The van der Waals surface area contributed by atoms with Crippen molar-refractivity contribution in [1.29, 1.82) is 0 Å². The van der Waals surface area contributed by atoms with E-state index in [9.17, 15) is 19.7 Å². The smallest absolute Gasteiger partial charge is 0.341 e. The number of nitrogens with one attached hydrogen (secondary N) is 1. The second-order valence-corrected chi connectivity index (χ2v) is 6.76. The Labute approximate surface area is 161 Å². The molecule has 2 aromatic rings. The number of hydrogen-bond donors (Lipinski definition) is 1. The highest BCUT2D eigenvalue weighted by Gasteiger charge is 2.24. The molecule has 0 fully saturated rings. The minimum atomic E-state index is -0.535. The number of nitrogens with zero attached hydrogens (tertiary/aromatic N) is 1. The van der Waals surface area contributed by atoms with Crippen molar-refractivity contribution >= 4 is 33.9 Å². The third kappa shape index (κ3) is 4.71. The molecule has 0 saturated carbocycles. The van der Waals surface area contributed by atoms with Crippen molar-refractivity contribution in [3.63, 3.8) is 0 Å². The number of non-ortho nitro benzene ring substituents is 1. The number of amides is 1. The highest BCUT2D eigenvalue weighted by Crippen LogP contribution is 2.37. The Hall–Kier alpha value is -2.74. The molecule has 1 N–H and O–H groups in total. The average molecular weight is 390 g/mol. The van der Waals surface area contributed by atoms with Crippen LogP contribution in [0.3, 0.4) is 0 Å². The van der Waals surface area contributed by atoms with E-state index in [4.69, 9.17) is 4.74 Å². The Balaban J connectivity index is 2.43. The Bertz CT molecular complexity index is 825. The minimum absolute atomic E-state index is 0.0334. The SMILES string of the molecule is CCOC(=O)c1c(-c2ccc([N+](=O)[O-])cc2)csc1NC(=O)C(CC)CC. The van der Waals surface area contributed by atoms with E-state index < -0.39 is 10.9 Å². The lowest BCUT2D eigenvalue weighted by atomic mass is 10.0. The summed E-state index contributed by atoms with van der Waals surface area (Å²) in [5, 5.41) is 15.9. The summed E-state index contributed by atoms with van der Waals surface area (Å²) < 4.78 is 5.15. The predicted molar refractivity (Wildman–Crippen MR) is 105 cm³/mol. The first-order chi connectivity index (χ1) is 12.9. The van der Waals surface area contributed by atoms with Crippen molar-refractivity contribution in [2.24, 2.45) is 5.92 Å². The molecule has 144 valence electrons. The summed E-state index contributed by atoms with van der Waals surface area (Å²) in [6.07, 6.45) is 1.41. The van der Waals surface area contributed by atoms with E-state index in [0.717, 1.165) is 0 Å². The maximum absolute atomic E-state index is 12.5. The van der Waals surface area contributed by atoms with Gasteiger partial charge in [0.1, 0.15) is 10.6 Å². The van der Waals surface area contributed by atoms with Crippen LogP contribution in [-0.4, -0.2) is 23.4 Å². The summed E-state index contributed by atoms with van der Waals surface area (Å²) >= 11 is 1.24. The summed E-state index contributed by atoms with van der Waals surface area (Å²) in [7, 11) is 0. The molecule has 0 spiro atoms. The lowest BCUT2D eigenvalue weighted by Gasteiger charge is -2.13. The van der Waals surface area contributed by atoms with Gasteiger partial charge in [-0.15, -0.1) is 11.3 Å². The van der Waals surface area contributed by atoms with Gasteiger partial charge in [-0.05, 0) is 37.5 Å². The van der Waals surface area contributed by atoms with Gasteiger partial charge in [0.05, 0.1) is 11.5 Å². The number of carbonyl (C=O) groups excluding carboxylic acids is 2. The number of benzene rings is 1. The van der Waals surface area contributed by atoms with E-state index in [1.165, 1.54) is 23.5 Å². The van der Waals surface area contributed by atoms with Crippen molar-refractivity contribution in [2.75, 3.05) is 11.9 Å². The normalized spacial score (nSPS) is 10.7. The lowest BCUT2D eigenvalue weighted by molar-refractivity contribution is -0.384. The molecular formula is C19H22N2O5S. The summed E-state index contributed by atoms with van der Waals surface area (Å²) in [5.41, 5.74) is 1.46. The average Bonchev–Trinajstić information content (AvgIpc) is 3.06. The molecule has 1 aromatic heterocycles. The Morgan fingerprint density at radius 3 is 2.33 bits per heavy atom. The fourth-order valence-corrected chi connectivity index (χ4v) is 3.66. The van der Waals surface area contributed by atoms with E-state index in [1.807, 2.05) is 13.8 Å². The zero-order valence-electron chi connectivity index (χ0n) is 15.5. The van der Waals surface area contributed by atoms with Gasteiger partial charge in [0.15, 0.2) is 0 Å². The van der Waals surface area contributed by atoms with E-state index in [0.29, 0.717) is 29.0 Å². The first-order valence-electron chi connectivity index (χ1n) is 8.77. The molecule has 1 amide bonds. The third-order valence-electron chi connectivity index (χ3n) is 4.25. The Morgan fingerprint density at radius 1 is 1.19 bits per heavy atom. The quantitative estimate of drug-likeness (QED) is 0.394. The molecule has 27 heavy (non-hydrogen) atoms. The maximum Gasteiger partial charge on any atom is 0.341 e. The highest BCUT2D eigenvalue weighted by atomic mass is 32.1. The van der Waals surface area contributed by atoms with Crippen LogP contribution in [0.2, 0.25) is 0 Å². The number of carbonyl (C=O) groups is 2. The Kier molecular flexibility index (Phi) is 7.06. The van der Waals surface area contributed by atoms with E-state index in [2.05, 4.69) is 5.32 Å². The van der Waals surface area contributed by atoms with Crippen LogP contribution in [0.1, 0.15) is 44.0 Å². The predicted octanol–water partition coefficient (Wildman–Crippen LogP) is 4.87. The van der Waals surface area contributed by atoms with E-state index in [-0.39, 0.29) is 29.7 Å². The molecule has 0 radical (unpaired) electrons. The monoisotopic (exact) mass is 390 g/mol. The van der Waals surface area contributed by atoms with Crippen molar-refractivity contribution in [3.05, 3.63) is 45.3 Å². The summed E-state index contributed by atoms with van der Waals surface area (Å²) in [5.74, 6) is -0.806. The first kappa shape index (κ1) is 20.6. The third-order valence-corrected chi connectivity index (χ3v) is 5.15. The maximum atomic E-state index is 12.5. The molecule has 0 aliphatic heterocycles. The molecule has 0 atom stereocenters. The molecule has 1 aromatic carbocycles. The number of thiophene rings is 1. The largest absolute Gasteiger partial charge is 0.462 e. The molecule has 0 bridgehead atoms. The molecule has 0 unspecified atom stereocenters. The van der Waals surface area contributed by atoms with Crippen molar-refractivity contribution in [3.8, 4) is 11.1 Å². The molecule has 0 aliphatic carbocycles. The van der Waals surface area contributed by atoms with Gasteiger partial charge in [0.2, 0.25) is 5.91 Å². The number of hydrogen-bond acceptors (Lipinski definition) is 6. The van der Waals surface area contributed by atoms with Gasteiger partial charge in [0.25, 0.3) is 5.69 Å². The molecule has 1 heterocycles. The van der Waals surface area contributed by atoms with Crippen molar-refractivity contribution in [2.45, 2.75) is 33.6 Å². The Morgan fingerprint density at radius 2 is 1.81 bits per heavy atom. The van der Waals surface area contributed by atoms with Crippen LogP contribution in [0, 0.1) is 16.0 Å². The fraction of sp³-hybridized carbons (Fsp3) is 0.368. The summed E-state index contributed by atoms with van der Waals surface area (Å²) in [6.45, 7) is 5.79. The molecule has 0 saturated heterocycles. The summed E-state index contributed by atoms with van der Waals surface area (Å²) in [6, 6.07) is 5.92. The number of nitro groups is 1. The first-order valence-corrected chi connectivity index (χ1v) is 9.65. The van der Waals surface area contributed by atoms with Gasteiger partial charge in [-0.3, -0.25) is 14.9 Å². The van der Waals surface area contributed by atoms with Crippen LogP contribution < -0.4 is 5.32 Å². The summed E-state index contributed by atoms with van der Waals surface area (Å²) in [4.78, 5) is 35.3. The standard InChI is InChI=1S/C19H22N2O5S/c1-4-12(5-2)17(22)20-18-16(19(23)26-6-3)15(11-27-18)13-7-9-14(10-8-13)21(24)25/h7-12H,4-6H2,1-3H3,(H,20,22). The van der Waals surface area contributed by atoms with Gasteiger partial charge in [0, 0.05) is 29.0 Å². The van der Waals surface area contributed by atoms with Gasteiger partial charge in [-0.25, -0.2) is 4.79 Å². The zero-order chi connectivity index (χ0) is 20.0. The highest BCUT2D eigenvalue weighted by molar-refractivity contribution is 7.15. The zero-order valence-corrected chi connectivity index (χ0v) is 16.3. The molecule has 2 rings (SSSR count). The topological polar surface area (TPSA) is 98.5 Å². The van der Waals surface area contributed by atoms with Crippen LogP contribution in [0.15, 0.2) is 29.6 Å². The molecular weight excluding hydrogens is 368 g/mol. The van der Waals surface area contributed by atoms with Crippen molar-refractivity contribution in [1.82, 2.24) is 0 Å². The van der Waals surface area contributed by atoms with Crippen LogP contribution in [-0.2, 0) is 9.53 Å². The second-order valence-electron chi connectivity index (χ2n) is 5.88. The number of esters is 1. The van der Waals surface area contributed by atoms with Gasteiger partial charge in [-0.2, -0.15) is 0 Å². The second kappa shape index (κ2) is 9.27. The van der Waals surface area contributed by atoms with Crippen molar-refractivity contribution < 1.29 is 19.2 Å². The van der Waals surface area contributed by atoms with Gasteiger partial charge < -0.3 is 10.1 Å². The number of ether oxygens (including phenoxy) is 1. The molecule has 8 heteroatoms. The van der Waals surface area contributed by atoms with E-state index >= 15 is 0 Å². The van der Waals surface area contributed by atoms with E-state index in [1.54, 1.807) is 24.4 Å². The fourth-order valence-electron chi connectivity index (χ4n) is 2.70. The number of rotatable bonds is 8. The lowest BCUT2D eigenvalue weighted by Crippen LogP contribution is -2.22. The molecule has 0 aliphatic rings. The van der Waals surface area contributed by atoms with Crippen LogP contribution in [0.25, 0.3) is 11.1 Å². The van der Waals surface area contributed by atoms with Crippen LogP contribution in [0.5, 0.6) is 0 Å². The van der Waals surface area contributed by atoms with Gasteiger partial charge in [-0.1, -0.05) is 13.8 Å². The molecule has 7 nitrogen and oxygen atoms in total. The van der Waals surface area contributed by atoms with Crippen LogP contribution >= 0.6 is 11.3 Å². The number of nitro benzene ring substituents is 1. The van der Waals surface area contributed by atoms with Crippen LogP contribution in [0.4, 0.5) is 10.7 Å². The van der Waals surface area contributed by atoms with Gasteiger partial charge >= 0.3 is 5.97 Å². The number of anilines is 1.